The Bertz CT molecular complexity index is 322. The van der Waals surface area contributed by atoms with Crippen LogP contribution in [0.5, 0.6) is 0 Å². The molecule has 1 aromatic rings. The van der Waals surface area contributed by atoms with E-state index in [1.807, 2.05) is 12.1 Å². The van der Waals surface area contributed by atoms with Gasteiger partial charge in [0, 0.05) is 12.6 Å². The van der Waals surface area contributed by atoms with Crippen molar-refractivity contribution in [3.63, 3.8) is 0 Å². The number of nitrogens with two attached hydrogens (primary N) is 1. The number of hydrogen-bond acceptors (Lipinski definition) is 3. The lowest BCUT2D eigenvalue weighted by molar-refractivity contribution is 0.199. The predicted octanol–water partition coefficient (Wildman–Crippen LogP) is 2.21. The summed E-state index contributed by atoms with van der Waals surface area (Å²) in [5.74, 6) is 1.79. The fourth-order valence-corrected chi connectivity index (χ4v) is 2.35. The zero-order chi connectivity index (χ0) is 10.8. The third-order valence-corrected chi connectivity index (χ3v) is 3.43. The number of hydrogen-bond donors (Lipinski definition) is 1. The molecule has 84 valence electrons. The molecule has 1 fully saturated rings. The molecule has 1 unspecified atom stereocenters. The molecule has 0 aromatic carbocycles. The van der Waals surface area contributed by atoms with Crippen molar-refractivity contribution in [1.29, 1.82) is 0 Å². The van der Waals surface area contributed by atoms with E-state index in [-0.39, 0.29) is 0 Å². The van der Waals surface area contributed by atoms with E-state index in [1.54, 1.807) is 0 Å². The van der Waals surface area contributed by atoms with E-state index in [1.165, 1.54) is 12.8 Å². The van der Waals surface area contributed by atoms with Crippen molar-refractivity contribution in [3.8, 4) is 0 Å². The highest BCUT2D eigenvalue weighted by Gasteiger charge is 2.32. The van der Waals surface area contributed by atoms with Gasteiger partial charge in [0.25, 0.3) is 0 Å². The molecule has 0 aliphatic heterocycles. The molecule has 0 radical (unpaired) electrons. The van der Waals surface area contributed by atoms with Crippen LogP contribution in [-0.4, -0.2) is 24.5 Å². The number of furan rings is 1. The maximum Gasteiger partial charge on any atom is 0.169 e. The Morgan fingerprint density at radius 1 is 1.60 bits per heavy atom. The maximum absolute atomic E-state index is 5.79. The van der Waals surface area contributed by atoms with Gasteiger partial charge in [-0.3, -0.25) is 4.90 Å². The van der Waals surface area contributed by atoms with E-state index in [0.29, 0.717) is 6.04 Å². The molecule has 4 heteroatoms. The van der Waals surface area contributed by atoms with Gasteiger partial charge in [-0.15, -0.1) is 0 Å². The largest absolute Gasteiger partial charge is 0.453 e. The average Bonchev–Trinajstić information content (AvgIpc) is 2.93. The molecule has 2 N–H and O–H groups in total. The van der Waals surface area contributed by atoms with E-state index in [9.17, 15) is 0 Å². The number of likely N-dealkylation sites (N-methyl/N-ethyl adjacent to an activating group) is 1. The Kier molecular flexibility index (Phi) is 3.49. The van der Waals surface area contributed by atoms with Gasteiger partial charge in [-0.2, -0.15) is 0 Å². The van der Waals surface area contributed by atoms with E-state index < -0.39 is 0 Å². The number of rotatable bonds is 5. The van der Waals surface area contributed by atoms with Crippen molar-refractivity contribution in [2.75, 3.05) is 13.6 Å². The van der Waals surface area contributed by atoms with E-state index in [0.717, 1.165) is 29.4 Å². The van der Waals surface area contributed by atoms with Crippen LogP contribution in [0.1, 0.15) is 18.6 Å². The van der Waals surface area contributed by atoms with E-state index >= 15 is 0 Å². The van der Waals surface area contributed by atoms with Gasteiger partial charge in [-0.05, 0) is 53.9 Å². The highest BCUT2D eigenvalue weighted by molar-refractivity contribution is 9.10. The summed E-state index contributed by atoms with van der Waals surface area (Å²) in [6.07, 6.45) is 2.65. The summed E-state index contributed by atoms with van der Waals surface area (Å²) in [4.78, 5) is 2.29. The van der Waals surface area contributed by atoms with Crippen LogP contribution in [0.2, 0.25) is 0 Å². The fourth-order valence-electron chi connectivity index (χ4n) is 2.01. The molecule has 1 aromatic heterocycles. The van der Waals surface area contributed by atoms with E-state index in [4.69, 9.17) is 10.2 Å². The van der Waals surface area contributed by atoms with Crippen LogP contribution in [0.3, 0.4) is 0 Å². The summed E-state index contributed by atoms with van der Waals surface area (Å²) in [5, 5.41) is 0. The number of halogens is 1. The third-order valence-electron chi connectivity index (χ3n) is 3.01. The average molecular weight is 273 g/mol. The molecular weight excluding hydrogens is 256 g/mol. The summed E-state index contributed by atoms with van der Waals surface area (Å²) in [6, 6.07) is 4.44. The van der Waals surface area contributed by atoms with Crippen LogP contribution in [0, 0.1) is 5.92 Å². The zero-order valence-corrected chi connectivity index (χ0v) is 10.5. The molecule has 0 spiro atoms. The molecule has 0 amide bonds. The highest BCUT2D eigenvalue weighted by atomic mass is 79.9. The second-order valence-corrected chi connectivity index (χ2v) is 5.04. The Morgan fingerprint density at radius 2 is 2.33 bits per heavy atom. The van der Waals surface area contributed by atoms with Gasteiger partial charge in [0.1, 0.15) is 5.76 Å². The van der Waals surface area contributed by atoms with Crippen LogP contribution in [0.25, 0.3) is 0 Å². The summed E-state index contributed by atoms with van der Waals surface area (Å²) >= 11 is 3.31. The molecule has 1 saturated carbocycles. The standard InChI is InChI=1S/C11H17BrN2O/c1-14(10(6-13)8-2-3-8)7-9-4-5-11(12)15-9/h4-5,8,10H,2-3,6-7,13H2,1H3. The minimum Gasteiger partial charge on any atom is -0.453 e. The van der Waals surface area contributed by atoms with Gasteiger partial charge in [0.2, 0.25) is 0 Å². The molecule has 1 heterocycles. The summed E-state index contributed by atoms with van der Waals surface area (Å²) in [6.45, 7) is 1.58. The minimum atomic E-state index is 0.508. The van der Waals surface area contributed by atoms with Crippen LogP contribution in [0.4, 0.5) is 0 Å². The first-order valence-electron chi connectivity index (χ1n) is 5.35. The lowest BCUT2D eigenvalue weighted by Gasteiger charge is -2.25. The van der Waals surface area contributed by atoms with Gasteiger partial charge in [-0.1, -0.05) is 0 Å². The first-order chi connectivity index (χ1) is 7.20. The maximum atomic E-state index is 5.79. The van der Waals surface area contributed by atoms with Crippen molar-refractivity contribution >= 4 is 15.9 Å². The molecule has 0 saturated heterocycles. The van der Waals surface area contributed by atoms with Crippen molar-refractivity contribution < 1.29 is 4.42 Å². The molecule has 15 heavy (non-hydrogen) atoms. The van der Waals surface area contributed by atoms with Crippen molar-refractivity contribution in [1.82, 2.24) is 4.90 Å². The molecule has 3 nitrogen and oxygen atoms in total. The lowest BCUT2D eigenvalue weighted by Crippen LogP contribution is -2.39. The quantitative estimate of drug-likeness (QED) is 0.894. The Morgan fingerprint density at radius 3 is 2.80 bits per heavy atom. The Hall–Kier alpha value is -0.320. The second kappa shape index (κ2) is 4.68. The molecule has 2 rings (SSSR count). The van der Waals surface area contributed by atoms with Crippen molar-refractivity contribution in [2.24, 2.45) is 11.7 Å². The first-order valence-corrected chi connectivity index (χ1v) is 6.14. The van der Waals surface area contributed by atoms with Gasteiger partial charge in [0.05, 0.1) is 6.54 Å². The van der Waals surface area contributed by atoms with Gasteiger partial charge in [0.15, 0.2) is 4.67 Å². The second-order valence-electron chi connectivity index (χ2n) is 4.26. The monoisotopic (exact) mass is 272 g/mol. The Labute approximate surface area is 98.7 Å². The molecular formula is C11H17BrN2O. The zero-order valence-electron chi connectivity index (χ0n) is 8.95. The molecule has 0 bridgehead atoms. The van der Waals surface area contributed by atoms with E-state index in [2.05, 4.69) is 27.9 Å². The Balaban J connectivity index is 1.92. The predicted molar refractivity (Wildman–Crippen MR) is 63.4 cm³/mol. The van der Waals surface area contributed by atoms with Crippen molar-refractivity contribution in [3.05, 3.63) is 22.6 Å². The van der Waals surface area contributed by atoms with Crippen LogP contribution < -0.4 is 5.73 Å². The SMILES string of the molecule is CN(Cc1ccc(Br)o1)C(CN)C1CC1. The third kappa shape index (κ3) is 2.83. The number of nitrogens with zero attached hydrogens (tertiary/aromatic N) is 1. The topological polar surface area (TPSA) is 42.4 Å². The smallest absolute Gasteiger partial charge is 0.169 e. The summed E-state index contributed by atoms with van der Waals surface area (Å²) < 4.78 is 6.28. The van der Waals surface area contributed by atoms with Gasteiger partial charge < -0.3 is 10.2 Å². The van der Waals surface area contributed by atoms with Gasteiger partial charge >= 0.3 is 0 Å². The van der Waals surface area contributed by atoms with Crippen molar-refractivity contribution in [2.45, 2.75) is 25.4 Å². The molecule has 1 atom stereocenters. The summed E-state index contributed by atoms with van der Waals surface area (Å²) in [7, 11) is 2.12. The lowest BCUT2D eigenvalue weighted by atomic mass is 10.1. The molecule has 1 aliphatic carbocycles. The van der Waals surface area contributed by atoms with Gasteiger partial charge in [-0.25, -0.2) is 0 Å². The normalized spacial score (nSPS) is 18.4. The minimum absolute atomic E-state index is 0.508. The van der Waals surface area contributed by atoms with Crippen LogP contribution in [0.15, 0.2) is 21.2 Å². The first kappa shape index (κ1) is 11.2. The highest BCUT2D eigenvalue weighted by Crippen LogP contribution is 2.35. The van der Waals surface area contributed by atoms with Crippen LogP contribution in [-0.2, 0) is 6.54 Å². The molecule has 1 aliphatic rings. The fraction of sp³-hybridized carbons (Fsp3) is 0.636. The summed E-state index contributed by atoms with van der Waals surface area (Å²) in [5.41, 5.74) is 5.79. The van der Waals surface area contributed by atoms with Crippen LogP contribution >= 0.6 is 15.9 Å².